The third-order valence-electron chi connectivity index (χ3n) is 11.8. The van der Waals surface area contributed by atoms with Crippen LogP contribution in [0.2, 0.25) is 0 Å². The third-order valence-corrected chi connectivity index (χ3v) is 13.9. The first-order chi connectivity index (χ1) is 22.8. The first-order valence-corrected chi connectivity index (χ1v) is 19.0. The number of likely N-dealkylation sites (tertiary alicyclic amines) is 2. The molecular weight excluding hydrogens is 619 g/mol. The zero-order valence-corrected chi connectivity index (χ0v) is 28.3. The summed E-state index contributed by atoms with van der Waals surface area (Å²) in [4.78, 5) is 20.3. The lowest BCUT2D eigenvalue weighted by Gasteiger charge is -2.54. The molecule has 5 aliphatic rings. The Bertz CT molecular complexity index is 1500. The summed E-state index contributed by atoms with van der Waals surface area (Å²) >= 11 is 0. The Morgan fingerprint density at radius 3 is 2.34 bits per heavy atom. The minimum absolute atomic E-state index is 0.00683. The summed E-state index contributed by atoms with van der Waals surface area (Å²) < 4.78 is 50.5. The molecule has 9 nitrogen and oxygen atoms in total. The van der Waals surface area contributed by atoms with Gasteiger partial charge >= 0.3 is 6.09 Å². The molecule has 7 rings (SSSR count). The lowest BCUT2D eigenvalue weighted by molar-refractivity contribution is 0.0223. The number of carbonyl (C=O) groups excluding carboxylic acids is 1. The molecule has 4 aliphatic heterocycles. The molecule has 2 aromatic carbocycles. The zero-order chi connectivity index (χ0) is 32.6. The molecule has 5 fully saturated rings. The summed E-state index contributed by atoms with van der Waals surface area (Å²) in [5, 5.41) is 2.76. The van der Waals surface area contributed by atoms with E-state index in [2.05, 4.69) is 26.1 Å². The molecule has 4 saturated heterocycles. The van der Waals surface area contributed by atoms with Gasteiger partial charge in [-0.2, -0.15) is 0 Å². The normalized spacial score (nSPS) is 26.2. The number of nitrogens with one attached hydrogen (secondary N) is 1. The van der Waals surface area contributed by atoms with E-state index in [1.165, 1.54) is 13.5 Å². The van der Waals surface area contributed by atoms with Crippen LogP contribution in [0.15, 0.2) is 53.4 Å². The van der Waals surface area contributed by atoms with Crippen LogP contribution >= 0.6 is 0 Å². The Balaban J connectivity index is 1.02. The smallest absolute Gasteiger partial charge is 0.407 e. The second-order valence-corrected chi connectivity index (χ2v) is 16.7. The molecular formula is C36H49FN4O5S. The van der Waals surface area contributed by atoms with Crippen LogP contribution in [0.4, 0.5) is 14.9 Å². The Hall–Kier alpha value is -2.73. The summed E-state index contributed by atoms with van der Waals surface area (Å²) in [5.74, 6) is 0.969. The number of piperidine rings is 1. The number of ether oxygens (including phenoxy) is 2. The molecule has 4 heterocycles. The summed E-state index contributed by atoms with van der Waals surface area (Å²) in [7, 11) is -1.89. The molecule has 0 aromatic heterocycles. The molecule has 3 atom stereocenters. The summed E-state index contributed by atoms with van der Waals surface area (Å²) in [6.07, 6.45) is 5.88. The van der Waals surface area contributed by atoms with Crippen molar-refractivity contribution >= 4 is 21.6 Å². The van der Waals surface area contributed by atoms with E-state index in [0.29, 0.717) is 16.7 Å². The van der Waals surface area contributed by atoms with E-state index in [0.717, 1.165) is 95.7 Å². The maximum absolute atomic E-state index is 14.9. The van der Waals surface area contributed by atoms with Gasteiger partial charge in [0.1, 0.15) is 11.1 Å². The predicted molar refractivity (Wildman–Crippen MR) is 179 cm³/mol. The monoisotopic (exact) mass is 668 g/mol. The van der Waals surface area contributed by atoms with Crippen molar-refractivity contribution < 1.29 is 27.1 Å². The van der Waals surface area contributed by atoms with E-state index in [-0.39, 0.29) is 42.5 Å². The van der Waals surface area contributed by atoms with Gasteiger partial charge in [-0.1, -0.05) is 18.6 Å². The first kappa shape index (κ1) is 32.8. The molecule has 1 amide bonds. The fraction of sp³-hybridized carbons (Fsp3) is 0.639. The van der Waals surface area contributed by atoms with Crippen LogP contribution in [0.3, 0.4) is 0 Å². The highest BCUT2D eigenvalue weighted by Gasteiger charge is 2.53. The summed E-state index contributed by atoms with van der Waals surface area (Å²) in [5.41, 5.74) is 1.90. The highest BCUT2D eigenvalue weighted by Crippen LogP contribution is 2.51. The van der Waals surface area contributed by atoms with E-state index in [1.54, 1.807) is 24.3 Å². The van der Waals surface area contributed by atoms with Crippen LogP contribution < -0.4 is 10.2 Å². The van der Waals surface area contributed by atoms with Crippen LogP contribution in [0.1, 0.15) is 44.1 Å². The van der Waals surface area contributed by atoms with Gasteiger partial charge in [-0.15, -0.1) is 0 Å². The van der Waals surface area contributed by atoms with Crippen LogP contribution in [0, 0.1) is 23.6 Å². The predicted octanol–water partition coefficient (Wildman–Crippen LogP) is 4.31. The number of sulfone groups is 1. The van der Waals surface area contributed by atoms with Crippen LogP contribution in [-0.2, 0) is 24.7 Å². The molecule has 0 bridgehead atoms. The average molecular weight is 669 g/mol. The largest absolute Gasteiger partial charge is 0.453 e. The van der Waals surface area contributed by atoms with Gasteiger partial charge in [0.05, 0.1) is 25.2 Å². The molecule has 0 radical (unpaired) electrons. The second kappa shape index (κ2) is 13.6. The van der Waals surface area contributed by atoms with E-state index in [4.69, 9.17) is 9.47 Å². The maximum Gasteiger partial charge on any atom is 0.407 e. The number of hydrogen-bond donors (Lipinski definition) is 1. The van der Waals surface area contributed by atoms with Gasteiger partial charge in [0.2, 0.25) is 0 Å². The minimum atomic E-state index is -3.31. The lowest BCUT2D eigenvalue weighted by atomic mass is 9.57. The van der Waals surface area contributed by atoms with Crippen LogP contribution in [0.25, 0.3) is 0 Å². The highest BCUT2D eigenvalue weighted by atomic mass is 32.2. The molecule has 1 unspecified atom stereocenters. The van der Waals surface area contributed by atoms with Crippen molar-refractivity contribution in [1.29, 1.82) is 0 Å². The van der Waals surface area contributed by atoms with Crippen LogP contribution in [-0.4, -0.2) is 108 Å². The van der Waals surface area contributed by atoms with E-state index < -0.39 is 15.1 Å². The number of nitrogens with zero attached hydrogens (tertiary/aromatic N) is 3. The quantitative estimate of drug-likeness (QED) is 0.379. The number of rotatable bonds is 11. The topological polar surface area (TPSA) is 91.4 Å². The van der Waals surface area contributed by atoms with Crippen molar-refractivity contribution in [2.45, 2.75) is 60.1 Å². The van der Waals surface area contributed by atoms with Gasteiger partial charge in [-0.25, -0.2) is 17.6 Å². The Morgan fingerprint density at radius 2 is 1.72 bits per heavy atom. The summed E-state index contributed by atoms with van der Waals surface area (Å²) in [6, 6.07) is 14.7. The number of anilines is 1. The van der Waals surface area contributed by atoms with Crippen molar-refractivity contribution in [1.82, 2.24) is 15.1 Å². The lowest BCUT2D eigenvalue weighted by Crippen LogP contribution is -2.60. The maximum atomic E-state index is 14.9. The van der Waals surface area contributed by atoms with Gasteiger partial charge in [0.15, 0.2) is 9.84 Å². The second-order valence-electron chi connectivity index (χ2n) is 14.5. The van der Waals surface area contributed by atoms with E-state index in [9.17, 15) is 17.6 Å². The fourth-order valence-corrected chi connectivity index (χ4v) is 10.5. The Kier molecular flexibility index (Phi) is 9.52. The number of amides is 1. The van der Waals surface area contributed by atoms with Crippen molar-refractivity contribution in [3.63, 3.8) is 0 Å². The minimum Gasteiger partial charge on any atom is -0.453 e. The number of carbonyl (C=O) groups is 1. The molecule has 256 valence electrons. The number of halogens is 1. The van der Waals surface area contributed by atoms with Gasteiger partial charge in [-0.05, 0) is 112 Å². The van der Waals surface area contributed by atoms with Crippen molar-refractivity contribution in [3.8, 4) is 0 Å². The fourth-order valence-electron chi connectivity index (χ4n) is 9.06. The number of benzene rings is 2. The number of methoxy groups -OCH3 is 1. The van der Waals surface area contributed by atoms with Gasteiger partial charge in [0, 0.05) is 49.2 Å². The molecule has 1 N–H and O–H groups in total. The summed E-state index contributed by atoms with van der Waals surface area (Å²) in [6.45, 7) is 8.62. The van der Waals surface area contributed by atoms with Gasteiger partial charge in [0.25, 0.3) is 0 Å². The van der Waals surface area contributed by atoms with Crippen molar-refractivity contribution in [3.05, 3.63) is 59.9 Å². The SMILES string of the molecule is COC(=O)N[C@H]1CCC[C@@H]1C(CN1CCC1)(c1cccc(F)c1)C1CCN(CC2CN(c3ccc(S(=O)(=O)C4COC4)cc3)C2)CC1. The molecule has 47 heavy (non-hydrogen) atoms. The van der Waals surface area contributed by atoms with Gasteiger partial charge < -0.3 is 29.5 Å². The molecule has 1 saturated carbocycles. The Labute approximate surface area is 278 Å². The average Bonchev–Trinajstić information content (AvgIpc) is 3.46. The number of hydrogen-bond acceptors (Lipinski definition) is 8. The zero-order valence-electron chi connectivity index (χ0n) is 27.5. The first-order valence-electron chi connectivity index (χ1n) is 17.5. The molecule has 0 spiro atoms. The highest BCUT2D eigenvalue weighted by molar-refractivity contribution is 7.92. The Morgan fingerprint density at radius 1 is 0.979 bits per heavy atom. The van der Waals surface area contributed by atoms with Crippen molar-refractivity contribution in [2.75, 3.05) is 77.6 Å². The van der Waals surface area contributed by atoms with Crippen LogP contribution in [0.5, 0.6) is 0 Å². The van der Waals surface area contributed by atoms with Gasteiger partial charge in [-0.3, -0.25) is 0 Å². The number of alkyl carbamates (subject to hydrolysis) is 1. The van der Waals surface area contributed by atoms with Crippen molar-refractivity contribution in [2.24, 2.45) is 17.8 Å². The van der Waals surface area contributed by atoms with E-state index >= 15 is 0 Å². The molecule has 11 heteroatoms. The molecule has 2 aromatic rings. The standard InChI is InChI=1S/C36H49FN4O5S/c1-45-35(42)38-34-8-3-7-33(34)36(25-40-15-4-16-40,28-5-2-6-29(37)19-28)27-13-17-39(18-14-27)20-26-21-41(22-26)30-9-11-31(12-10-30)47(43,44)32-23-46-24-32/h2,5-6,9-12,19,26-27,32-34H,3-4,7-8,13-18,20-25H2,1H3,(H,38,42)/t33-,34-,36?/m0/s1. The third kappa shape index (κ3) is 6.53. The molecule has 1 aliphatic carbocycles. The van der Waals surface area contributed by atoms with E-state index in [1.807, 2.05) is 18.2 Å².